The van der Waals surface area contributed by atoms with Crippen LogP contribution in [0.4, 0.5) is 34.9 Å². The van der Waals surface area contributed by atoms with Gasteiger partial charge in [-0.05, 0) is 83.8 Å². The first-order valence-corrected chi connectivity index (χ1v) is 18.5. The summed E-state index contributed by atoms with van der Waals surface area (Å²) in [5.41, 5.74) is 3.41. The van der Waals surface area contributed by atoms with Crippen LogP contribution in [0, 0.1) is 25.7 Å². The van der Waals surface area contributed by atoms with Crippen molar-refractivity contribution in [3.63, 3.8) is 0 Å². The first-order chi connectivity index (χ1) is 26.3. The third-order valence-electron chi connectivity index (χ3n) is 9.35. The highest BCUT2D eigenvalue weighted by Gasteiger charge is 2.37. The van der Waals surface area contributed by atoms with E-state index >= 15 is 0 Å². The first kappa shape index (κ1) is 43.2. The van der Waals surface area contributed by atoms with Gasteiger partial charge in [0.25, 0.3) is 0 Å². The molecule has 2 heterocycles. The van der Waals surface area contributed by atoms with Crippen LogP contribution >= 0.6 is 0 Å². The number of hydrogen-bond acceptors (Lipinski definition) is 14. The standard InChI is InChI=1S/C20H27N5O3.C20H29N5O2.CH4/c1-12-8-18(21-2)24-20(22-12)23-14-6-7-16(27-5)17(11-14)28-15-9-13(10-15)19(26)25(3)4;1-13-8-19(21-2)24-20(22-13)23-15-6-7-17(26-5)18(11-15)27-16-9-14(10-16)12-25(3)4;/h6-8,11,13,15H,9-10H2,1-5H3,(H2,21,22,23,24);6-8,11,14,16H,9-10,12H2,1-5H3,(H2,21,22,23,24);1H4. The number of hydrogen-bond donors (Lipinski definition) is 4. The van der Waals surface area contributed by atoms with Gasteiger partial charge in [-0.15, -0.1) is 0 Å². The Morgan fingerprint density at radius 2 is 1.12 bits per heavy atom. The van der Waals surface area contributed by atoms with Crippen LogP contribution in [-0.2, 0) is 4.79 Å². The number of methoxy groups -OCH3 is 2. The van der Waals surface area contributed by atoms with Crippen LogP contribution in [0.15, 0.2) is 48.5 Å². The third kappa shape index (κ3) is 11.7. The monoisotopic (exact) mass is 772 g/mol. The van der Waals surface area contributed by atoms with Gasteiger partial charge in [-0.25, -0.2) is 9.97 Å². The molecule has 0 bridgehead atoms. The number of ether oxygens (including phenoxy) is 4. The molecule has 0 aliphatic heterocycles. The van der Waals surface area contributed by atoms with Crippen molar-refractivity contribution in [2.24, 2.45) is 11.8 Å². The van der Waals surface area contributed by atoms with Gasteiger partial charge in [-0.1, -0.05) is 7.43 Å². The van der Waals surface area contributed by atoms with Gasteiger partial charge in [-0.3, -0.25) is 4.79 Å². The van der Waals surface area contributed by atoms with Gasteiger partial charge < -0.3 is 50.0 Å². The number of anilines is 6. The molecule has 15 nitrogen and oxygen atoms in total. The molecule has 4 aromatic rings. The van der Waals surface area contributed by atoms with E-state index in [1.54, 1.807) is 33.2 Å². The highest BCUT2D eigenvalue weighted by molar-refractivity contribution is 5.79. The normalized spacial score (nSPS) is 18.1. The average Bonchev–Trinajstić information content (AvgIpc) is 3.11. The fraction of sp³-hybridized carbons (Fsp3) is 0.488. The molecular formula is C41H60N10O5. The minimum absolute atomic E-state index is 0. The zero-order valence-electron chi connectivity index (χ0n) is 33.7. The van der Waals surface area contributed by atoms with E-state index in [9.17, 15) is 4.79 Å². The number of rotatable bonds is 15. The van der Waals surface area contributed by atoms with Crippen LogP contribution in [-0.4, -0.2) is 111 Å². The van der Waals surface area contributed by atoms with E-state index < -0.39 is 0 Å². The van der Waals surface area contributed by atoms with Crippen molar-refractivity contribution in [1.29, 1.82) is 0 Å². The molecule has 15 heteroatoms. The van der Waals surface area contributed by atoms with Crippen LogP contribution in [0.25, 0.3) is 0 Å². The van der Waals surface area contributed by atoms with Gasteiger partial charge in [0.05, 0.1) is 20.3 Å². The fourth-order valence-electron chi connectivity index (χ4n) is 6.48. The van der Waals surface area contributed by atoms with Crippen molar-refractivity contribution in [2.45, 2.75) is 59.2 Å². The molecule has 2 aliphatic rings. The smallest absolute Gasteiger partial charge is 0.229 e. The van der Waals surface area contributed by atoms with Gasteiger partial charge in [-0.2, -0.15) is 9.97 Å². The van der Waals surface area contributed by atoms with E-state index in [-0.39, 0.29) is 31.5 Å². The van der Waals surface area contributed by atoms with Gasteiger partial charge in [0.1, 0.15) is 17.7 Å². The van der Waals surface area contributed by atoms with E-state index in [0.29, 0.717) is 42.2 Å². The lowest BCUT2D eigenvalue weighted by Crippen LogP contribution is -2.43. The molecule has 56 heavy (non-hydrogen) atoms. The van der Waals surface area contributed by atoms with Crippen LogP contribution in [0.3, 0.4) is 0 Å². The summed E-state index contributed by atoms with van der Waals surface area (Å²) in [6.45, 7) is 4.96. The number of nitrogens with one attached hydrogen (secondary N) is 4. The second kappa shape index (κ2) is 19.8. The van der Waals surface area contributed by atoms with Crippen molar-refractivity contribution in [3.8, 4) is 23.0 Å². The maximum Gasteiger partial charge on any atom is 0.229 e. The van der Waals surface area contributed by atoms with E-state index in [2.05, 4.69) is 60.2 Å². The zero-order chi connectivity index (χ0) is 39.6. The predicted octanol–water partition coefficient (Wildman–Crippen LogP) is 6.76. The van der Waals surface area contributed by atoms with Crippen LogP contribution in [0.1, 0.15) is 44.5 Å². The summed E-state index contributed by atoms with van der Waals surface area (Å²) in [6.07, 6.45) is 3.82. The summed E-state index contributed by atoms with van der Waals surface area (Å²) < 4.78 is 23.2. The number of benzene rings is 2. The SMILES string of the molecule is C.CNc1cc(C)nc(Nc2ccc(OC)c(OC3CC(C(=O)N(C)C)C3)c2)n1.CNc1cc(C)nc(Nc2ccc(OC)c(OC3CC(CN(C)C)C3)c2)n1. The number of carbonyl (C=O) groups excluding carboxylic acids is 1. The Hall–Kier alpha value is -5.57. The molecule has 2 saturated carbocycles. The second-order valence-corrected chi connectivity index (χ2v) is 14.4. The Labute approximate surface area is 331 Å². The average molecular weight is 773 g/mol. The number of nitrogens with zero attached hydrogens (tertiary/aromatic N) is 6. The molecule has 0 radical (unpaired) electrons. The fourth-order valence-corrected chi connectivity index (χ4v) is 6.48. The Morgan fingerprint density at radius 1 is 0.679 bits per heavy atom. The summed E-state index contributed by atoms with van der Waals surface area (Å²) >= 11 is 0. The number of aryl methyl sites for hydroxylation is 2. The van der Waals surface area contributed by atoms with Gasteiger partial charge >= 0.3 is 0 Å². The topological polar surface area (TPSA) is 160 Å². The highest BCUT2D eigenvalue weighted by atomic mass is 16.5. The van der Waals surface area contributed by atoms with E-state index in [1.165, 1.54) is 0 Å². The predicted molar refractivity (Wildman–Crippen MR) is 223 cm³/mol. The Kier molecular flexibility index (Phi) is 15.3. The highest BCUT2D eigenvalue weighted by Crippen LogP contribution is 2.39. The molecule has 0 unspecified atom stereocenters. The molecule has 2 aliphatic carbocycles. The minimum Gasteiger partial charge on any atom is -0.493 e. The zero-order valence-corrected chi connectivity index (χ0v) is 33.7. The quantitative estimate of drug-likeness (QED) is 0.100. The molecule has 0 atom stereocenters. The van der Waals surface area contributed by atoms with Crippen molar-refractivity contribution >= 4 is 40.8 Å². The lowest BCUT2D eigenvalue weighted by atomic mass is 9.81. The lowest BCUT2D eigenvalue weighted by Gasteiger charge is -2.37. The summed E-state index contributed by atoms with van der Waals surface area (Å²) in [4.78, 5) is 33.5. The number of carbonyl (C=O) groups is 1. The van der Waals surface area contributed by atoms with Crippen LogP contribution in [0.5, 0.6) is 23.0 Å². The molecular weight excluding hydrogens is 713 g/mol. The second-order valence-electron chi connectivity index (χ2n) is 14.4. The maximum atomic E-state index is 12.0. The summed E-state index contributed by atoms with van der Waals surface area (Å²) in [6, 6.07) is 15.1. The number of amides is 1. The van der Waals surface area contributed by atoms with E-state index in [0.717, 1.165) is 65.3 Å². The van der Waals surface area contributed by atoms with Crippen LogP contribution < -0.4 is 40.2 Å². The van der Waals surface area contributed by atoms with Crippen molar-refractivity contribution in [1.82, 2.24) is 29.7 Å². The molecule has 2 aromatic heterocycles. The molecule has 0 spiro atoms. The Morgan fingerprint density at radius 3 is 1.52 bits per heavy atom. The molecule has 6 rings (SSSR count). The summed E-state index contributed by atoms with van der Waals surface area (Å²) in [5, 5.41) is 12.5. The minimum atomic E-state index is 0. The molecule has 2 aromatic carbocycles. The molecule has 304 valence electrons. The number of aromatic nitrogens is 4. The Balaban J connectivity index is 0.000000244. The summed E-state index contributed by atoms with van der Waals surface area (Å²) in [7, 11) is 14.7. The van der Waals surface area contributed by atoms with Crippen LogP contribution in [0.2, 0.25) is 0 Å². The third-order valence-corrected chi connectivity index (χ3v) is 9.35. The molecule has 4 N–H and O–H groups in total. The van der Waals surface area contributed by atoms with E-state index in [4.69, 9.17) is 18.9 Å². The maximum absolute atomic E-state index is 12.0. The summed E-state index contributed by atoms with van der Waals surface area (Å²) in [5.74, 6) is 6.22. The van der Waals surface area contributed by atoms with Gasteiger partial charge in [0.2, 0.25) is 17.8 Å². The molecule has 2 fully saturated rings. The van der Waals surface area contributed by atoms with Crippen molar-refractivity contribution in [3.05, 3.63) is 59.9 Å². The first-order valence-electron chi connectivity index (χ1n) is 18.5. The largest absolute Gasteiger partial charge is 0.493 e. The van der Waals surface area contributed by atoms with Crippen molar-refractivity contribution in [2.75, 3.05) is 84.3 Å². The van der Waals surface area contributed by atoms with Gasteiger partial charge in [0.15, 0.2) is 23.0 Å². The molecule has 1 amide bonds. The van der Waals surface area contributed by atoms with Crippen molar-refractivity contribution < 1.29 is 23.7 Å². The van der Waals surface area contributed by atoms with E-state index in [1.807, 2.05) is 76.5 Å². The van der Waals surface area contributed by atoms with Gasteiger partial charge in [0, 0.05) is 87.7 Å². The lowest BCUT2D eigenvalue weighted by molar-refractivity contribution is -0.138. The Bertz CT molecular complexity index is 1900. The molecule has 0 saturated heterocycles.